The molecule has 0 bridgehead atoms. The predicted molar refractivity (Wildman–Crippen MR) is 98.4 cm³/mol. The monoisotopic (exact) mass is 325 g/mol. The summed E-state index contributed by atoms with van der Waals surface area (Å²) >= 11 is 0. The first-order chi connectivity index (χ1) is 11.4. The molecule has 0 saturated heterocycles. The van der Waals surface area contributed by atoms with Crippen LogP contribution in [0.15, 0.2) is 30.3 Å². The lowest BCUT2D eigenvalue weighted by atomic mass is 9.97. The molecule has 2 aromatic rings. The van der Waals surface area contributed by atoms with Gasteiger partial charge in [0, 0.05) is 30.2 Å². The van der Waals surface area contributed by atoms with Gasteiger partial charge >= 0.3 is 6.03 Å². The van der Waals surface area contributed by atoms with Gasteiger partial charge in [-0.2, -0.15) is 0 Å². The van der Waals surface area contributed by atoms with Crippen molar-refractivity contribution in [1.29, 1.82) is 0 Å². The summed E-state index contributed by atoms with van der Waals surface area (Å²) in [5.41, 5.74) is 5.73. The summed E-state index contributed by atoms with van der Waals surface area (Å²) in [5.74, 6) is 0.364. The first kappa shape index (κ1) is 16.6. The number of benzene rings is 1. The van der Waals surface area contributed by atoms with E-state index in [1.807, 2.05) is 17.0 Å². The number of rotatable bonds is 2. The third-order valence-corrected chi connectivity index (χ3v) is 5.17. The van der Waals surface area contributed by atoms with Crippen LogP contribution in [0.2, 0.25) is 0 Å². The molecule has 1 atom stereocenters. The average Bonchev–Trinajstić information content (AvgIpc) is 2.92. The van der Waals surface area contributed by atoms with E-state index in [9.17, 15) is 4.79 Å². The quantitative estimate of drug-likeness (QED) is 0.857. The van der Waals surface area contributed by atoms with Gasteiger partial charge in [-0.3, -0.25) is 0 Å². The zero-order valence-corrected chi connectivity index (χ0v) is 15.3. The van der Waals surface area contributed by atoms with Gasteiger partial charge in [-0.1, -0.05) is 26.0 Å². The minimum atomic E-state index is -0.00694. The molecular weight excluding hydrogens is 298 g/mol. The summed E-state index contributed by atoms with van der Waals surface area (Å²) in [7, 11) is 0. The number of anilines is 1. The fourth-order valence-electron chi connectivity index (χ4n) is 3.66. The van der Waals surface area contributed by atoms with Gasteiger partial charge in [-0.25, -0.2) is 4.79 Å². The Morgan fingerprint density at radius 1 is 1.12 bits per heavy atom. The first-order valence-electron chi connectivity index (χ1n) is 8.70. The number of urea groups is 1. The van der Waals surface area contributed by atoms with Crippen molar-refractivity contribution in [2.75, 3.05) is 11.9 Å². The molecule has 4 nitrogen and oxygen atoms in total. The molecule has 128 valence electrons. The Morgan fingerprint density at radius 3 is 2.58 bits per heavy atom. The van der Waals surface area contributed by atoms with Crippen LogP contribution in [-0.2, 0) is 6.54 Å². The molecule has 3 rings (SSSR count). The predicted octanol–water partition coefficient (Wildman–Crippen LogP) is 4.66. The Balaban J connectivity index is 1.88. The van der Waals surface area contributed by atoms with Gasteiger partial charge in [0.15, 0.2) is 0 Å². The number of carbonyl (C=O) groups excluding carboxylic acids is 1. The SMILES string of the molecule is Cc1cccc(NC(=O)N2CCn3c(C)ccc3C2C(C)C)c1C. The van der Waals surface area contributed by atoms with E-state index in [2.05, 4.69) is 62.7 Å². The van der Waals surface area contributed by atoms with Crippen LogP contribution < -0.4 is 5.32 Å². The lowest BCUT2D eigenvalue weighted by Crippen LogP contribution is -2.46. The van der Waals surface area contributed by atoms with Crippen molar-refractivity contribution in [2.24, 2.45) is 5.92 Å². The van der Waals surface area contributed by atoms with Crippen LogP contribution in [0.25, 0.3) is 0 Å². The first-order valence-corrected chi connectivity index (χ1v) is 8.70. The van der Waals surface area contributed by atoms with Crippen LogP contribution in [0.4, 0.5) is 10.5 Å². The Kier molecular flexibility index (Phi) is 4.39. The number of fused-ring (bicyclic) bond motifs is 1. The number of hydrogen-bond donors (Lipinski definition) is 1. The van der Waals surface area contributed by atoms with E-state index in [1.54, 1.807) is 0 Å². The third-order valence-electron chi connectivity index (χ3n) is 5.17. The van der Waals surface area contributed by atoms with Crippen LogP contribution in [-0.4, -0.2) is 22.0 Å². The second kappa shape index (κ2) is 6.34. The van der Waals surface area contributed by atoms with Crippen LogP contribution in [0.5, 0.6) is 0 Å². The maximum Gasteiger partial charge on any atom is 0.322 e. The number of hydrogen-bond acceptors (Lipinski definition) is 1. The van der Waals surface area contributed by atoms with Gasteiger partial charge in [-0.15, -0.1) is 0 Å². The number of aromatic nitrogens is 1. The summed E-state index contributed by atoms with van der Waals surface area (Å²) in [5, 5.41) is 3.12. The molecule has 0 radical (unpaired) electrons. The number of nitrogens with one attached hydrogen (secondary N) is 1. The lowest BCUT2D eigenvalue weighted by molar-refractivity contribution is 0.143. The highest BCUT2D eigenvalue weighted by Crippen LogP contribution is 2.34. The zero-order valence-electron chi connectivity index (χ0n) is 15.3. The molecule has 1 aliphatic rings. The summed E-state index contributed by atoms with van der Waals surface area (Å²) in [4.78, 5) is 15.0. The maximum absolute atomic E-state index is 13.0. The van der Waals surface area contributed by atoms with E-state index in [-0.39, 0.29) is 12.1 Å². The highest BCUT2D eigenvalue weighted by Gasteiger charge is 2.33. The van der Waals surface area contributed by atoms with E-state index < -0.39 is 0 Å². The second-order valence-electron chi connectivity index (χ2n) is 7.11. The molecule has 1 aromatic heterocycles. The summed E-state index contributed by atoms with van der Waals surface area (Å²) in [6.07, 6.45) is 0. The second-order valence-corrected chi connectivity index (χ2v) is 7.11. The van der Waals surface area contributed by atoms with Gasteiger partial charge in [0.25, 0.3) is 0 Å². The van der Waals surface area contributed by atoms with Gasteiger partial charge in [0.1, 0.15) is 0 Å². The molecule has 4 heteroatoms. The molecule has 0 spiro atoms. The van der Waals surface area contributed by atoms with Gasteiger partial charge < -0.3 is 14.8 Å². The van der Waals surface area contributed by atoms with Crippen molar-refractivity contribution in [1.82, 2.24) is 9.47 Å². The van der Waals surface area contributed by atoms with Crippen molar-refractivity contribution in [3.63, 3.8) is 0 Å². The van der Waals surface area contributed by atoms with E-state index in [0.29, 0.717) is 5.92 Å². The Bertz CT molecular complexity index is 760. The summed E-state index contributed by atoms with van der Waals surface area (Å²) < 4.78 is 2.34. The zero-order chi connectivity index (χ0) is 17.4. The van der Waals surface area contributed by atoms with Gasteiger partial charge in [0.05, 0.1) is 6.04 Å². The van der Waals surface area contributed by atoms with Crippen LogP contribution in [0.3, 0.4) is 0 Å². The third kappa shape index (κ3) is 2.81. The molecule has 2 amide bonds. The fourth-order valence-corrected chi connectivity index (χ4v) is 3.66. The van der Waals surface area contributed by atoms with Crippen LogP contribution in [0, 0.1) is 26.7 Å². The molecule has 1 unspecified atom stereocenters. The van der Waals surface area contributed by atoms with E-state index in [1.165, 1.54) is 17.0 Å². The minimum absolute atomic E-state index is 0.00694. The van der Waals surface area contributed by atoms with Crippen molar-refractivity contribution in [3.8, 4) is 0 Å². The van der Waals surface area contributed by atoms with Crippen molar-refractivity contribution in [3.05, 3.63) is 52.8 Å². The highest BCUT2D eigenvalue weighted by atomic mass is 16.2. The van der Waals surface area contributed by atoms with Crippen molar-refractivity contribution < 1.29 is 4.79 Å². The average molecular weight is 325 g/mol. The van der Waals surface area contributed by atoms with Crippen LogP contribution >= 0.6 is 0 Å². The number of amides is 2. The Hall–Kier alpha value is -2.23. The van der Waals surface area contributed by atoms with E-state index >= 15 is 0 Å². The van der Waals surface area contributed by atoms with Crippen molar-refractivity contribution >= 4 is 11.7 Å². The molecule has 1 aliphatic heterocycles. The number of carbonyl (C=O) groups is 1. The topological polar surface area (TPSA) is 37.3 Å². The molecule has 2 heterocycles. The summed E-state index contributed by atoms with van der Waals surface area (Å²) in [6, 6.07) is 10.4. The van der Waals surface area contributed by atoms with E-state index in [4.69, 9.17) is 0 Å². The largest absolute Gasteiger partial charge is 0.345 e. The molecular formula is C20H27N3O. The molecule has 1 N–H and O–H groups in total. The van der Waals surface area contributed by atoms with Crippen molar-refractivity contribution in [2.45, 2.75) is 47.2 Å². The number of nitrogens with zero attached hydrogens (tertiary/aromatic N) is 2. The lowest BCUT2D eigenvalue weighted by Gasteiger charge is -2.39. The molecule has 0 fully saturated rings. The maximum atomic E-state index is 13.0. The number of aryl methyl sites for hydroxylation is 2. The molecule has 0 aliphatic carbocycles. The highest BCUT2D eigenvalue weighted by molar-refractivity contribution is 5.90. The smallest absolute Gasteiger partial charge is 0.322 e. The summed E-state index contributed by atoms with van der Waals surface area (Å²) in [6.45, 7) is 12.2. The van der Waals surface area contributed by atoms with Crippen LogP contribution in [0.1, 0.15) is 42.4 Å². The minimum Gasteiger partial charge on any atom is -0.345 e. The normalized spacial score (nSPS) is 17.1. The Labute approximate surface area is 144 Å². The molecule has 24 heavy (non-hydrogen) atoms. The van der Waals surface area contributed by atoms with E-state index in [0.717, 1.165) is 24.3 Å². The molecule has 0 saturated carbocycles. The molecule has 1 aromatic carbocycles. The Morgan fingerprint density at radius 2 is 1.88 bits per heavy atom. The van der Waals surface area contributed by atoms with Gasteiger partial charge in [0.2, 0.25) is 0 Å². The fraction of sp³-hybridized carbons (Fsp3) is 0.450. The van der Waals surface area contributed by atoms with Gasteiger partial charge in [-0.05, 0) is 56.0 Å². The standard InChI is InChI=1S/C20H27N3O/c1-13(2)19-18-10-9-15(4)22(18)11-12-23(19)20(24)21-17-8-6-7-14(3)16(17)5/h6-10,13,19H,11-12H2,1-5H3,(H,21,24).